The molecule has 0 bridgehead atoms. The van der Waals surface area contributed by atoms with Crippen LogP contribution in [0.1, 0.15) is 163 Å². The van der Waals surface area contributed by atoms with Gasteiger partial charge in [-0.3, -0.25) is 24.0 Å². The summed E-state index contributed by atoms with van der Waals surface area (Å²) < 4.78 is 6.53. The molecule has 11 heteroatoms. The van der Waals surface area contributed by atoms with Gasteiger partial charge in [-0.2, -0.15) is 0 Å². The Morgan fingerprint density at radius 1 is 0.889 bits per heavy atom. The first-order chi connectivity index (χ1) is 29.3. The maximum Gasteiger partial charge on any atom is 0.309 e. The van der Waals surface area contributed by atoms with E-state index in [2.05, 4.69) is 59.1 Å². The molecule has 0 unspecified atom stereocenters. The predicted molar refractivity (Wildman–Crippen MR) is 241 cm³/mol. The summed E-state index contributed by atoms with van der Waals surface area (Å²) in [5, 5.41) is 16.8. The number of hydrogen-bond acceptors (Lipinski definition) is 7. The second-order valence-electron chi connectivity index (χ2n) is 24.0. The number of carbonyl (C=O) groups excluding carboxylic acids is 4. The van der Waals surface area contributed by atoms with Gasteiger partial charge >= 0.3 is 11.9 Å². The summed E-state index contributed by atoms with van der Waals surface area (Å²) in [6, 6.07) is 6.83. The highest BCUT2D eigenvalue weighted by atomic mass is 35.5. The number of benzene rings is 1. The van der Waals surface area contributed by atoms with Gasteiger partial charge in [-0.25, -0.2) is 0 Å². The Kier molecular flexibility index (Phi) is 10.1. The van der Waals surface area contributed by atoms with Crippen LogP contribution < -0.4 is 16.4 Å². The number of ether oxygens (including phenoxy) is 1. The van der Waals surface area contributed by atoms with Gasteiger partial charge in [-0.05, 0) is 157 Å². The van der Waals surface area contributed by atoms with E-state index in [4.69, 9.17) is 22.1 Å². The minimum Gasteiger partial charge on any atom is -0.481 e. The lowest BCUT2D eigenvalue weighted by atomic mass is 9.31. The molecular weight excluding hydrogens is 814 g/mol. The summed E-state index contributed by atoms with van der Waals surface area (Å²) in [5.74, 6) is -1.45. The molecule has 8 aliphatic rings. The Morgan fingerprint density at radius 3 is 2.17 bits per heavy atom. The van der Waals surface area contributed by atoms with E-state index in [1.807, 2.05) is 13.8 Å². The maximum absolute atomic E-state index is 14.4. The van der Waals surface area contributed by atoms with E-state index >= 15 is 0 Å². The Labute approximate surface area is 379 Å². The lowest BCUT2D eigenvalue weighted by Crippen LogP contribution is -2.73. The van der Waals surface area contributed by atoms with Crippen molar-refractivity contribution in [2.75, 3.05) is 6.54 Å². The van der Waals surface area contributed by atoms with E-state index in [0.717, 1.165) is 81.8 Å². The summed E-state index contributed by atoms with van der Waals surface area (Å²) in [5.41, 5.74) is 7.33. The predicted octanol–water partition coefficient (Wildman–Crippen LogP) is 9.22. The molecule has 9 rings (SSSR count). The topological polar surface area (TPSA) is 165 Å². The van der Waals surface area contributed by atoms with Gasteiger partial charge in [0.25, 0.3) is 5.91 Å². The van der Waals surface area contributed by atoms with E-state index in [1.165, 1.54) is 0 Å². The first-order valence-electron chi connectivity index (χ1n) is 24.2. The number of amides is 2. The summed E-state index contributed by atoms with van der Waals surface area (Å²) in [7, 11) is 0. The van der Waals surface area contributed by atoms with Gasteiger partial charge in [-0.15, -0.1) is 0 Å². The molecule has 5 N–H and O–H groups in total. The van der Waals surface area contributed by atoms with Crippen molar-refractivity contribution in [2.45, 2.75) is 169 Å². The van der Waals surface area contributed by atoms with Crippen LogP contribution in [-0.4, -0.2) is 58.4 Å². The van der Waals surface area contributed by atoms with E-state index in [1.54, 1.807) is 24.3 Å². The first-order valence-corrected chi connectivity index (χ1v) is 24.6. The molecule has 0 aliphatic heterocycles. The summed E-state index contributed by atoms with van der Waals surface area (Å²) in [6.45, 7) is 20.5. The third kappa shape index (κ3) is 5.73. The number of aliphatic carboxylic acids is 1. The average Bonchev–Trinajstić information content (AvgIpc) is 3.52. The maximum atomic E-state index is 14.4. The third-order valence-corrected chi connectivity index (χ3v) is 21.8. The minimum atomic E-state index is -0.843. The average molecular weight is 887 g/mol. The number of esters is 1. The van der Waals surface area contributed by atoms with Gasteiger partial charge in [0.2, 0.25) is 5.91 Å². The number of allylic oxidation sites excluding steroid dienone is 1. The van der Waals surface area contributed by atoms with Crippen molar-refractivity contribution in [2.24, 2.45) is 73.2 Å². The molecule has 1 aromatic rings. The Balaban J connectivity index is 0.956. The van der Waals surface area contributed by atoms with Crippen molar-refractivity contribution in [3.05, 3.63) is 46.0 Å². The number of nitrogens with one attached hydrogen (secondary N) is 2. The lowest BCUT2D eigenvalue weighted by Gasteiger charge is -2.74. The molecule has 0 aromatic heterocycles. The molecule has 2 amide bonds. The summed E-state index contributed by atoms with van der Waals surface area (Å²) in [4.78, 5) is 67.6. The van der Waals surface area contributed by atoms with Crippen molar-refractivity contribution in [3.8, 4) is 0 Å². The molecule has 344 valence electrons. The van der Waals surface area contributed by atoms with E-state index < -0.39 is 39.7 Å². The largest absolute Gasteiger partial charge is 0.481 e. The van der Waals surface area contributed by atoms with Gasteiger partial charge in [0.05, 0.1) is 17.4 Å². The van der Waals surface area contributed by atoms with Crippen molar-refractivity contribution >= 4 is 41.1 Å². The van der Waals surface area contributed by atoms with E-state index in [9.17, 15) is 29.1 Å². The molecule has 0 saturated heterocycles. The molecule has 10 nitrogen and oxygen atoms in total. The second kappa shape index (κ2) is 14.1. The zero-order valence-corrected chi connectivity index (χ0v) is 40.0. The molecule has 7 fully saturated rings. The van der Waals surface area contributed by atoms with Crippen LogP contribution in [0.2, 0.25) is 5.02 Å². The van der Waals surface area contributed by atoms with Crippen molar-refractivity contribution < 1.29 is 33.8 Å². The molecule has 1 aromatic carbocycles. The zero-order valence-electron chi connectivity index (χ0n) is 39.2. The molecule has 7 saturated carbocycles. The fraction of sp³-hybridized carbons (Fsp3) is 0.750. The van der Waals surface area contributed by atoms with Crippen molar-refractivity contribution in [1.29, 1.82) is 0 Å². The third-order valence-electron chi connectivity index (χ3n) is 21.5. The number of Topliss-reactive ketones (excluding diaryl/α,β-unsaturated/α-hetero) is 1. The Bertz CT molecular complexity index is 2200. The summed E-state index contributed by atoms with van der Waals surface area (Å²) in [6.07, 6.45) is 10.2. The van der Waals surface area contributed by atoms with Gasteiger partial charge in [-0.1, -0.05) is 73.9 Å². The fourth-order valence-electron chi connectivity index (χ4n) is 17.4. The van der Waals surface area contributed by atoms with Gasteiger partial charge in [0.15, 0.2) is 5.78 Å². The molecule has 12 atom stereocenters. The van der Waals surface area contributed by atoms with Crippen LogP contribution >= 0.6 is 11.6 Å². The highest BCUT2D eigenvalue weighted by Crippen LogP contribution is 2.90. The molecule has 0 heterocycles. The molecule has 1 spiro atoms. The standard InChI is InChI=1S/C52H72ClN3O7/c1-29(2)39-35(57)26-49(27-38(58)55-28-50(17-10-18-50)56-41(59)31-11-13-32(53)14-12-31)23-22-47(8)45(6)21-24-51-30(3)48(51,9)37(63-43(62)34-25-33(42(60)61)44(34,4)5)16-19-46(51,7)36(45)15-20-52(47,54)40(39)49/h11-14,29-30,33-34,36-37H,10,15-28,54H2,1-9H3,(H,55,58)(H,56,59)(H,60,61)/t30-,33+,34-,36+,37+,45-,46-,47+,48-,49+,51+,52+/m1/s1. The number of ketones is 1. The van der Waals surface area contributed by atoms with Gasteiger partial charge < -0.3 is 26.2 Å². The molecule has 63 heavy (non-hydrogen) atoms. The lowest BCUT2D eigenvalue weighted by molar-refractivity contribution is -0.226. The van der Waals surface area contributed by atoms with Crippen LogP contribution in [0.25, 0.3) is 0 Å². The number of nitrogens with two attached hydrogens (primary N) is 1. The molecule has 0 radical (unpaired) electrons. The Hall–Kier alpha value is -3.24. The monoisotopic (exact) mass is 886 g/mol. The van der Waals surface area contributed by atoms with Crippen LogP contribution in [0.3, 0.4) is 0 Å². The van der Waals surface area contributed by atoms with Crippen LogP contribution in [-0.2, 0) is 23.9 Å². The molecule has 8 aliphatic carbocycles. The number of carboxylic acid groups (broad SMARTS) is 1. The van der Waals surface area contributed by atoms with Gasteiger partial charge in [0.1, 0.15) is 6.10 Å². The van der Waals surface area contributed by atoms with Crippen LogP contribution in [0, 0.1) is 67.5 Å². The van der Waals surface area contributed by atoms with Crippen LogP contribution in [0.5, 0.6) is 0 Å². The van der Waals surface area contributed by atoms with Crippen molar-refractivity contribution in [1.82, 2.24) is 10.6 Å². The number of fused-ring (bicyclic) bond motifs is 6. The highest BCUT2D eigenvalue weighted by molar-refractivity contribution is 6.30. The van der Waals surface area contributed by atoms with Crippen LogP contribution in [0.15, 0.2) is 35.4 Å². The van der Waals surface area contributed by atoms with Crippen LogP contribution in [0.4, 0.5) is 0 Å². The second-order valence-corrected chi connectivity index (χ2v) is 24.5. The first kappa shape index (κ1) is 44.9. The number of halogens is 1. The van der Waals surface area contributed by atoms with E-state index in [-0.39, 0.29) is 69.1 Å². The van der Waals surface area contributed by atoms with Gasteiger partial charge in [0, 0.05) is 46.3 Å². The highest BCUT2D eigenvalue weighted by Gasteiger charge is 2.87. The number of hydrogen-bond donors (Lipinski definition) is 4. The number of carboxylic acids is 1. The molecular formula is C52H72ClN3O7. The number of rotatable bonds is 10. The van der Waals surface area contributed by atoms with E-state index in [0.29, 0.717) is 41.8 Å². The SMILES string of the molecule is CC(C)C1=C2[C@@](CC(=O)NCC3(NC(=O)c4ccc(Cl)cc4)CCC3)(CC[C@]3(C)[C@]2(N)CC[C@H]2[C@@]3(C)CC[C@@]34[C@H](C)[C@]3(C)[C@@H](OC(=O)[C@H]3C[C@@H](C(=O)O)C3(C)C)CC[C@]24C)CC1=O. The number of carbonyl (C=O) groups is 5. The zero-order chi connectivity index (χ0) is 45.7. The van der Waals surface area contributed by atoms with Crippen molar-refractivity contribution in [3.63, 3.8) is 0 Å². The smallest absolute Gasteiger partial charge is 0.309 e. The fourth-order valence-corrected chi connectivity index (χ4v) is 17.5. The Morgan fingerprint density at radius 2 is 1.57 bits per heavy atom. The quantitative estimate of drug-likeness (QED) is 0.169. The minimum absolute atomic E-state index is 0.00531. The summed E-state index contributed by atoms with van der Waals surface area (Å²) >= 11 is 6.07. The normalized spacial score (nSPS) is 43.7.